The van der Waals surface area contributed by atoms with Crippen LogP contribution in [0.4, 0.5) is 10.1 Å². The van der Waals surface area contributed by atoms with E-state index in [0.717, 1.165) is 6.07 Å². The second-order valence-electron chi connectivity index (χ2n) is 2.01. The number of hydrogen-bond acceptors (Lipinski definition) is 3. The van der Waals surface area contributed by atoms with Crippen molar-refractivity contribution in [2.24, 2.45) is 0 Å². The van der Waals surface area contributed by atoms with Crippen LogP contribution in [0.15, 0.2) is 12.1 Å². The van der Waals surface area contributed by atoms with Gasteiger partial charge < -0.3 is 6.53 Å². The summed E-state index contributed by atoms with van der Waals surface area (Å²) in [4.78, 5) is 9.33. The summed E-state index contributed by atoms with van der Waals surface area (Å²) >= 11 is 5.33. The van der Waals surface area contributed by atoms with Crippen LogP contribution in [0.2, 0.25) is 5.02 Å². The standard InChI is InChI=1S/C6H3ClFNO3.K.H/c7-3-1-6(10)4(8)2-5(3)9(11)12;;/h1-2,10H;;/q;+1;-1. The topological polar surface area (TPSA) is 63.4 Å². The van der Waals surface area contributed by atoms with Gasteiger partial charge in [0.15, 0.2) is 11.6 Å². The molecule has 1 rings (SSSR count). The maximum Gasteiger partial charge on any atom is 1.00 e. The first kappa shape index (κ1) is 13.3. The summed E-state index contributed by atoms with van der Waals surface area (Å²) < 4.78 is 12.5. The van der Waals surface area contributed by atoms with E-state index in [9.17, 15) is 14.5 Å². The Hall–Kier alpha value is 0.276. The minimum atomic E-state index is -1.06. The van der Waals surface area contributed by atoms with E-state index in [0.29, 0.717) is 6.07 Å². The van der Waals surface area contributed by atoms with E-state index >= 15 is 0 Å². The molecule has 0 saturated heterocycles. The Balaban J connectivity index is 0. The van der Waals surface area contributed by atoms with Crippen LogP contribution in [0.1, 0.15) is 1.43 Å². The second kappa shape index (κ2) is 5.23. The van der Waals surface area contributed by atoms with Crippen LogP contribution in [-0.4, -0.2) is 10.0 Å². The molecule has 0 aromatic heterocycles. The minimum absolute atomic E-state index is 0. The van der Waals surface area contributed by atoms with E-state index in [4.69, 9.17) is 16.7 Å². The molecule has 0 aliphatic rings. The zero-order valence-electron chi connectivity index (χ0n) is 7.62. The molecule has 0 heterocycles. The summed E-state index contributed by atoms with van der Waals surface area (Å²) in [5.74, 6) is -1.77. The van der Waals surface area contributed by atoms with Gasteiger partial charge in [0.2, 0.25) is 0 Å². The molecule has 0 atom stereocenters. The Morgan fingerprint density at radius 1 is 1.62 bits per heavy atom. The molecule has 1 aromatic carbocycles. The third-order valence-corrected chi connectivity index (χ3v) is 1.52. The Morgan fingerprint density at radius 2 is 2.15 bits per heavy atom. The number of phenolic OH excluding ortho intramolecular Hbond substituents is 1. The van der Waals surface area contributed by atoms with Crippen LogP contribution in [0.3, 0.4) is 0 Å². The number of benzene rings is 1. The van der Waals surface area contributed by atoms with Gasteiger partial charge in [0, 0.05) is 6.07 Å². The Kier molecular flexibility index (Phi) is 5.34. The largest absolute Gasteiger partial charge is 1.00 e. The zero-order valence-corrected chi connectivity index (χ0v) is 10.5. The molecule has 0 amide bonds. The van der Waals surface area contributed by atoms with Crippen molar-refractivity contribution in [3.8, 4) is 5.75 Å². The molecule has 7 heteroatoms. The third kappa shape index (κ3) is 3.15. The van der Waals surface area contributed by atoms with Gasteiger partial charge in [0.25, 0.3) is 5.69 Å². The molecule has 1 aromatic rings. The molecule has 1 N–H and O–H groups in total. The van der Waals surface area contributed by atoms with E-state index in [2.05, 4.69) is 0 Å². The number of nitrogens with zero attached hydrogens (tertiary/aromatic N) is 1. The van der Waals surface area contributed by atoms with Crippen LogP contribution in [0, 0.1) is 15.9 Å². The summed E-state index contributed by atoms with van der Waals surface area (Å²) in [5, 5.41) is 18.6. The fraction of sp³-hybridized carbons (Fsp3) is 0. The van der Waals surface area contributed by atoms with E-state index in [1.54, 1.807) is 0 Å². The van der Waals surface area contributed by atoms with Crippen molar-refractivity contribution in [2.75, 3.05) is 0 Å². The zero-order chi connectivity index (χ0) is 9.30. The number of halogens is 2. The number of hydrogen-bond donors (Lipinski definition) is 1. The van der Waals surface area contributed by atoms with Crippen molar-refractivity contribution < 1.29 is 67.2 Å². The monoisotopic (exact) mass is 231 g/mol. The average molecular weight is 232 g/mol. The third-order valence-electron chi connectivity index (χ3n) is 1.21. The van der Waals surface area contributed by atoms with Crippen LogP contribution < -0.4 is 51.4 Å². The van der Waals surface area contributed by atoms with Crippen LogP contribution >= 0.6 is 11.6 Å². The number of phenols is 1. The maximum absolute atomic E-state index is 12.5. The van der Waals surface area contributed by atoms with Gasteiger partial charge in [-0.2, -0.15) is 0 Å². The summed E-state index contributed by atoms with van der Waals surface area (Å²) in [5.41, 5.74) is -0.563. The molecule has 0 bridgehead atoms. The molecule has 13 heavy (non-hydrogen) atoms. The molecule has 0 unspecified atom stereocenters. The average Bonchev–Trinajstić information content (AvgIpc) is 1.96. The van der Waals surface area contributed by atoms with Crippen molar-refractivity contribution in [2.45, 2.75) is 0 Å². The molecule has 0 radical (unpaired) electrons. The number of nitro groups is 1. The summed E-state index contributed by atoms with van der Waals surface area (Å²) in [6.45, 7) is 0. The quantitative estimate of drug-likeness (QED) is 0.391. The SMILES string of the molecule is O=[N+]([O-])c1cc(F)c(O)cc1Cl.[H-].[K+]. The van der Waals surface area contributed by atoms with Crippen molar-refractivity contribution in [1.29, 1.82) is 0 Å². The first-order chi connectivity index (χ1) is 5.52. The van der Waals surface area contributed by atoms with Crippen LogP contribution in [0.5, 0.6) is 5.75 Å². The van der Waals surface area contributed by atoms with Gasteiger partial charge in [-0.25, -0.2) is 4.39 Å². The van der Waals surface area contributed by atoms with E-state index in [1.807, 2.05) is 0 Å². The van der Waals surface area contributed by atoms with Crippen LogP contribution in [0.25, 0.3) is 0 Å². The first-order valence-corrected chi connectivity index (χ1v) is 3.22. The first-order valence-electron chi connectivity index (χ1n) is 2.85. The fourth-order valence-electron chi connectivity index (χ4n) is 0.666. The van der Waals surface area contributed by atoms with Crippen molar-refractivity contribution in [3.63, 3.8) is 0 Å². The second-order valence-corrected chi connectivity index (χ2v) is 2.42. The van der Waals surface area contributed by atoms with E-state index in [-0.39, 0.29) is 57.8 Å². The van der Waals surface area contributed by atoms with Crippen molar-refractivity contribution in [1.82, 2.24) is 0 Å². The molecule has 0 spiro atoms. The number of aromatic hydroxyl groups is 1. The predicted octanol–water partition coefficient (Wildman–Crippen LogP) is -0.791. The predicted molar refractivity (Wildman–Crippen MR) is 40.8 cm³/mol. The molecular weight excluding hydrogens is 228 g/mol. The fourth-order valence-corrected chi connectivity index (χ4v) is 0.893. The van der Waals surface area contributed by atoms with Crippen molar-refractivity contribution in [3.05, 3.63) is 33.1 Å². The van der Waals surface area contributed by atoms with Crippen LogP contribution in [-0.2, 0) is 0 Å². The normalized spacial score (nSPS) is 9.08. The summed E-state index contributed by atoms with van der Waals surface area (Å²) in [6, 6.07) is 1.35. The molecule has 66 valence electrons. The summed E-state index contributed by atoms with van der Waals surface area (Å²) in [6.07, 6.45) is 0. The maximum atomic E-state index is 12.5. The van der Waals surface area contributed by atoms with Gasteiger partial charge >= 0.3 is 51.4 Å². The molecule has 0 aliphatic heterocycles. The van der Waals surface area contributed by atoms with Gasteiger partial charge in [-0.1, -0.05) is 11.6 Å². The smallest absolute Gasteiger partial charge is 1.00 e. The van der Waals surface area contributed by atoms with E-state index in [1.165, 1.54) is 0 Å². The Bertz CT molecular complexity index is 352. The Morgan fingerprint density at radius 3 is 2.62 bits per heavy atom. The molecule has 0 fully saturated rings. The minimum Gasteiger partial charge on any atom is -1.00 e. The van der Waals surface area contributed by atoms with Gasteiger partial charge in [0.05, 0.1) is 11.0 Å². The van der Waals surface area contributed by atoms with Gasteiger partial charge in [-0.15, -0.1) is 0 Å². The molecule has 0 saturated carbocycles. The molecular formula is C6H4ClFKNO3. The van der Waals surface area contributed by atoms with Gasteiger partial charge in [-0.3, -0.25) is 10.1 Å². The number of rotatable bonds is 1. The van der Waals surface area contributed by atoms with E-state index < -0.39 is 22.2 Å². The Labute approximate surface area is 122 Å². The molecule has 0 aliphatic carbocycles. The van der Waals surface area contributed by atoms with Crippen molar-refractivity contribution >= 4 is 17.3 Å². The summed E-state index contributed by atoms with van der Waals surface area (Å²) in [7, 11) is 0. The number of nitro benzene ring substituents is 1. The van der Waals surface area contributed by atoms with Gasteiger partial charge in [0.1, 0.15) is 5.02 Å². The molecule has 4 nitrogen and oxygen atoms in total. The van der Waals surface area contributed by atoms with Gasteiger partial charge in [-0.05, 0) is 0 Å².